The Morgan fingerprint density at radius 2 is 2.04 bits per heavy atom. The summed E-state index contributed by atoms with van der Waals surface area (Å²) in [6.07, 6.45) is 1.48. The summed E-state index contributed by atoms with van der Waals surface area (Å²) in [5.74, 6) is -1.27. The molecule has 1 aromatic rings. The Morgan fingerprint density at radius 1 is 1.23 bits per heavy atom. The maximum Gasteiger partial charge on any atom is 0.287 e. The second kappa shape index (κ2) is 7.71. The van der Waals surface area contributed by atoms with Gasteiger partial charge in [-0.05, 0) is 25.0 Å². The molecule has 4 atom stereocenters. The van der Waals surface area contributed by atoms with Gasteiger partial charge in [-0.1, -0.05) is 6.08 Å². The van der Waals surface area contributed by atoms with E-state index < -0.39 is 36.1 Å². The van der Waals surface area contributed by atoms with Gasteiger partial charge in [-0.2, -0.15) is 0 Å². The highest BCUT2D eigenvalue weighted by molar-refractivity contribution is 5.98. The summed E-state index contributed by atoms with van der Waals surface area (Å²) in [7, 11) is 0. The predicted octanol–water partition coefficient (Wildman–Crippen LogP) is -1.18. The molecule has 26 heavy (non-hydrogen) atoms. The van der Waals surface area contributed by atoms with Crippen molar-refractivity contribution in [2.24, 2.45) is 0 Å². The van der Waals surface area contributed by atoms with Gasteiger partial charge in [0.2, 0.25) is 11.8 Å². The molecule has 1 saturated heterocycles. The van der Waals surface area contributed by atoms with Crippen molar-refractivity contribution >= 4 is 17.7 Å². The van der Waals surface area contributed by atoms with Crippen LogP contribution in [-0.2, 0) is 9.59 Å². The van der Waals surface area contributed by atoms with E-state index in [1.807, 2.05) is 0 Å². The van der Waals surface area contributed by atoms with E-state index in [4.69, 9.17) is 4.42 Å². The molecule has 0 bridgehead atoms. The molecule has 9 nitrogen and oxygen atoms in total. The van der Waals surface area contributed by atoms with Crippen LogP contribution in [0.15, 0.2) is 34.5 Å². The van der Waals surface area contributed by atoms with Gasteiger partial charge in [0, 0.05) is 18.5 Å². The van der Waals surface area contributed by atoms with Crippen molar-refractivity contribution < 1.29 is 29.0 Å². The minimum atomic E-state index is -1.26. The molecule has 0 spiro atoms. The van der Waals surface area contributed by atoms with Gasteiger partial charge in [-0.3, -0.25) is 14.4 Å². The van der Waals surface area contributed by atoms with Gasteiger partial charge >= 0.3 is 0 Å². The number of hydrogen-bond acceptors (Lipinski definition) is 6. The molecule has 3 rings (SSSR count). The quantitative estimate of drug-likeness (QED) is 0.456. The number of carbonyl (C=O) groups is 3. The van der Waals surface area contributed by atoms with Crippen molar-refractivity contribution in [3.8, 4) is 0 Å². The Hall–Kier alpha value is -2.65. The average molecular weight is 363 g/mol. The van der Waals surface area contributed by atoms with E-state index >= 15 is 0 Å². The number of piperidine rings is 1. The molecule has 4 unspecified atom stereocenters. The highest BCUT2D eigenvalue weighted by Crippen LogP contribution is 2.21. The maximum absolute atomic E-state index is 12.4. The topological polar surface area (TPSA) is 141 Å². The minimum absolute atomic E-state index is 0.0514. The molecule has 3 amide bonds. The van der Waals surface area contributed by atoms with Crippen LogP contribution in [0.2, 0.25) is 0 Å². The van der Waals surface area contributed by atoms with Crippen molar-refractivity contribution in [2.45, 2.75) is 43.6 Å². The van der Waals surface area contributed by atoms with Crippen LogP contribution in [0, 0.1) is 0 Å². The van der Waals surface area contributed by atoms with E-state index in [-0.39, 0.29) is 23.7 Å². The van der Waals surface area contributed by atoms with Crippen LogP contribution in [0.4, 0.5) is 0 Å². The Labute approximate surface area is 149 Å². The predicted molar refractivity (Wildman–Crippen MR) is 88.9 cm³/mol. The first-order chi connectivity index (χ1) is 12.5. The normalized spacial score (nSPS) is 28.7. The third kappa shape index (κ3) is 3.94. The number of carbonyl (C=O) groups excluding carboxylic acids is 3. The van der Waals surface area contributed by atoms with E-state index in [1.165, 1.54) is 18.4 Å². The van der Waals surface area contributed by atoms with E-state index in [0.717, 1.165) is 6.42 Å². The van der Waals surface area contributed by atoms with Gasteiger partial charge in [-0.25, -0.2) is 0 Å². The lowest BCUT2D eigenvalue weighted by molar-refractivity contribution is -0.129. The third-order valence-electron chi connectivity index (χ3n) is 4.50. The fourth-order valence-electron chi connectivity index (χ4n) is 3.06. The molecule has 1 aliphatic heterocycles. The van der Waals surface area contributed by atoms with Gasteiger partial charge in [-0.15, -0.1) is 0 Å². The summed E-state index contributed by atoms with van der Waals surface area (Å²) < 4.78 is 4.98. The Bertz CT molecular complexity index is 714. The summed E-state index contributed by atoms with van der Waals surface area (Å²) in [6.45, 7) is 0.583. The molecule has 0 aromatic carbocycles. The Balaban J connectivity index is 1.70. The summed E-state index contributed by atoms with van der Waals surface area (Å²) in [5.41, 5.74) is 0.200. The largest absolute Gasteiger partial charge is 0.459 e. The van der Waals surface area contributed by atoms with Crippen molar-refractivity contribution in [3.63, 3.8) is 0 Å². The molecule has 2 aliphatic rings. The van der Waals surface area contributed by atoms with Crippen LogP contribution in [0.5, 0.6) is 0 Å². The zero-order valence-corrected chi connectivity index (χ0v) is 14.0. The van der Waals surface area contributed by atoms with Gasteiger partial charge in [0.05, 0.1) is 18.4 Å². The lowest BCUT2D eigenvalue weighted by atomic mass is 9.89. The number of aliphatic hydroxyl groups is 2. The minimum Gasteiger partial charge on any atom is -0.459 e. The molecule has 140 valence electrons. The average Bonchev–Trinajstić information content (AvgIpc) is 3.15. The van der Waals surface area contributed by atoms with Gasteiger partial charge in [0.15, 0.2) is 5.76 Å². The first-order valence-corrected chi connectivity index (χ1v) is 8.45. The number of hydrogen-bond donors (Lipinski definition) is 5. The number of rotatable bonds is 4. The third-order valence-corrected chi connectivity index (χ3v) is 4.50. The number of furan rings is 1. The van der Waals surface area contributed by atoms with Crippen molar-refractivity contribution in [1.29, 1.82) is 0 Å². The Morgan fingerprint density at radius 3 is 2.73 bits per heavy atom. The molecule has 9 heteroatoms. The highest BCUT2D eigenvalue weighted by Gasteiger charge is 2.35. The molecule has 0 radical (unpaired) electrons. The van der Waals surface area contributed by atoms with Gasteiger partial charge in [0.25, 0.3) is 5.91 Å². The van der Waals surface area contributed by atoms with Crippen LogP contribution in [0.3, 0.4) is 0 Å². The van der Waals surface area contributed by atoms with Crippen LogP contribution in [-0.4, -0.2) is 58.8 Å². The van der Waals surface area contributed by atoms with Crippen LogP contribution >= 0.6 is 0 Å². The maximum atomic E-state index is 12.4. The van der Waals surface area contributed by atoms with Crippen molar-refractivity contribution in [1.82, 2.24) is 16.0 Å². The lowest BCUT2D eigenvalue weighted by Crippen LogP contribution is -2.53. The molecule has 5 N–H and O–H groups in total. The smallest absolute Gasteiger partial charge is 0.287 e. The Kier molecular flexibility index (Phi) is 5.38. The van der Waals surface area contributed by atoms with Crippen LogP contribution in [0.25, 0.3) is 0 Å². The molecule has 1 fully saturated rings. The van der Waals surface area contributed by atoms with Crippen molar-refractivity contribution in [2.75, 3.05) is 6.54 Å². The monoisotopic (exact) mass is 363 g/mol. The molecular weight excluding hydrogens is 342 g/mol. The summed E-state index contributed by atoms with van der Waals surface area (Å²) in [6, 6.07) is 1.42. The fourth-order valence-corrected chi connectivity index (χ4v) is 3.06. The molecule has 1 aromatic heterocycles. The van der Waals surface area contributed by atoms with Gasteiger partial charge < -0.3 is 30.6 Å². The first-order valence-electron chi connectivity index (χ1n) is 8.45. The zero-order chi connectivity index (χ0) is 18.7. The summed E-state index contributed by atoms with van der Waals surface area (Å²) >= 11 is 0. The van der Waals surface area contributed by atoms with E-state index in [2.05, 4.69) is 16.0 Å². The standard InChI is InChI=1S/C17H21N3O6/c21-12-8-9(15(23)19-10-3-1-5-18-16(10)24)7-11(14(12)22)20-17(25)13-4-2-6-26-13/h2,4,6-7,10-12,14,21-22H,1,3,5,8H2,(H,18,24)(H,19,23)(H,20,25). The number of nitrogens with one attached hydrogen (secondary N) is 3. The summed E-state index contributed by atoms with van der Waals surface area (Å²) in [5, 5.41) is 28.0. The fraction of sp³-hybridized carbons (Fsp3) is 0.471. The number of aliphatic hydroxyl groups excluding tert-OH is 2. The molecule has 2 heterocycles. The first kappa shape index (κ1) is 18.2. The van der Waals surface area contributed by atoms with Crippen LogP contribution < -0.4 is 16.0 Å². The van der Waals surface area contributed by atoms with Crippen molar-refractivity contribution in [3.05, 3.63) is 35.8 Å². The second-order valence-electron chi connectivity index (χ2n) is 6.39. The van der Waals surface area contributed by atoms with Gasteiger partial charge in [0.1, 0.15) is 12.1 Å². The second-order valence-corrected chi connectivity index (χ2v) is 6.39. The highest BCUT2D eigenvalue weighted by atomic mass is 16.3. The molecular formula is C17H21N3O6. The number of amides is 3. The zero-order valence-electron chi connectivity index (χ0n) is 14.0. The van der Waals surface area contributed by atoms with E-state index in [0.29, 0.717) is 13.0 Å². The van der Waals surface area contributed by atoms with E-state index in [1.54, 1.807) is 6.07 Å². The lowest BCUT2D eigenvalue weighted by Gasteiger charge is -2.31. The summed E-state index contributed by atoms with van der Waals surface area (Å²) in [4.78, 5) is 36.3. The SMILES string of the molecule is O=C(NC1CCCNC1=O)C1=CC(NC(=O)c2ccco2)C(O)C(O)C1. The molecule has 1 aliphatic carbocycles. The molecule has 0 saturated carbocycles. The van der Waals surface area contributed by atoms with Crippen LogP contribution in [0.1, 0.15) is 29.8 Å². The van der Waals surface area contributed by atoms with E-state index in [9.17, 15) is 24.6 Å².